The molecular weight excluding hydrogens is 113 g/mol. The van der Waals surface area contributed by atoms with Crippen molar-refractivity contribution in [3.63, 3.8) is 0 Å². The van der Waals surface area contributed by atoms with E-state index in [1.807, 2.05) is 0 Å². The summed E-state index contributed by atoms with van der Waals surface area (Å²) in [6.45, 7) is 0. The third-order valence-corrected chi connectivity index (χ3v) is 0.942. The monoisotopic (exact) mass is 121 g/mol. The summed E-state index contributed by atoms with van der Waals surface area (Å²) in [5.41, 5.74) is 4.88. The van der Waals surface area contributed by atoms with E-state index in [1.54, 1.807) is 0 Å². The second-order valence-electron chi connectivity index (χ2n) is 0.983. The van der Waals surface area contributed by atoms with E-state index >= 15 is 0 Å². The van der Waals surface area contributed by atoms with Crippen LogP contribution in [-0.4, -0.2) is 15.9 Å². The zero-order valence-corrected chi connectivity index (χ0v) is 4.68. The Labute approximate surface area is 43.4 Å². The summed E-state index contributed by atoms with van der Waals surface area (Å²) in [4.78, 5) is 16.4. The maximum Gasteiger partial charge on any atom is 0.169 e. The van der Waals surface area contributed by atoms with Gasteiger partial charge in [0.2, 0.25) is 0 Å². The molecule has 0 aromatic carbocycles. The Kier molecular flexibility index (Phi) is 4.00. The standard InChI is InChI=1S/C3H8NO2P/c4-2-1-3-7(5)6/h1-2,5-6H,3-4H2. The fraction of sp³-hybridized carbons (Fsp3) is 0.333. The number of hydrogen-bond donors (Lipinski definition) is 3. The molecule has 0 aliphatic rings. The van der Waals surface area contributed by atoms with Crippen molar-refractivity contribution in [3.8, 4) is 0 Å². The van der Waals surface area contributed by atoms with Gasteiger partial charge in [0.15, 0.2) is 8.38 Å². The highest BCUT2D eigenvalue weighted by atomic mass is 31.2. The number of nitrogens with two attached hydrogens (primary N) is 1. The predicted octanol–water partition coefficient (Wildman–Crippen LogP) is -0.245. The minimum atomic E-state index is -1.77. The zero-order valence-electron chi connectivity index (χ0n) is 3.78. The quantitative estimate of drug-likeness (QED) is 0.441. The van der Waals surface area contributed by atoms with Crippen molar-refractivity contribution in [1.82, 2.24) is 0 Å². The van der Waals surface area contributed by atoms with Gasteiger partial charge in [-0.25, -0.2) is 0 Å². The Morgan fingerprint density at radius 1 is 1.57 bits per heavy atom. The Bertz CT molecular complexity index is 64.0. The zero-order chi connectivity index (χ0) is 5.70. The summed E-state index contributed by atoms with van der Waals surface area (Å²) in [6.07, 6.45) is 3.07. The Morgan fingerprint density at radius 2 is 2.14 bits per heavy atom. The summed E-state index contributed by atoms with van der Waals surface area (Å²) in [5.74, 6) is 0. The summed E-state index contributed by atoms with van der Waals surface area (Å²) in [7, 11) is -1.77. The van der Waals surface area contributed by atoms with Crippen LogP contribution in [0.1, 0.15) is 0 Å². The Morgan fingerprint density at radius 3 is 2.29 bits per heavy atom. The normalized spacial score (nSPS) is 11.3. The minimum Gasteiger partial charge on any atom is -0.405 e. The van der Waals surface area contributed by atoms with Crippen molar-refractivity contribution < 1.29 is 9.79 Å². The van der Waals surface area contributed by atoms with Crippen LogP contribution in [0, 0.1) is 0 Å². The molecule has 0 fully saturated rings. The molecule has 0 spiro atoms. The van der Waals surface area contributed by atoms with Crippen LogP contribution in [0.5, 0.6) is 0 Å². The van der Waals surface area contributed by atoms with Gasteiger partial charge < -0.3 is 15.5 Å². The average Bonchev–Trinajstić information content (AvgIpc) is 1.61. The molecule has 0 aromatic rings. The molecule has 0 unspecified atom stereocenters. The molecular formula is C3H8NO2P. The van der Waals surface area contributed by atoms with E-state index in [2.05, 4.69) is 0 Å². The van der Waals surface area contributed by atoms with Crippen LogP contribution < -0.4 is 5.73 Å². The lowest BCUT2D eigenvalue weighted by molar-refractivity contribution is 0.487. The molecule has 0 heterocycles. The van der Waals surface area contributed by atoms with Gasteiger partial charge in [-0.2, -0.15) is 0 Å². The largest absolute Gasteiger partial charge is 0.405 e. The van der Waals surface area contributed by atoms with Crippen LogP contribution in [0.25, 0.3) is 0 Å². The number of allylic oxidation sites excluding steroid dienone is 1. The molecule has 0 radical (unpaired) electrons. The number of hydrogen-bond acceptors (Lipinski definition) is 3. The van der Waals surface area contributed by atoms with Crippen molar-refractivity contribution in [2.75, 3.05) is 6.16 Å². The molecule has 0 amide bonds. The predicted molar refractivity (Wildman–Crippen MR) is 29.6 cm³/mol. The molecule has 4 N–H and O–H groups in total. The van der Waals surface area contributed by atoms with Gasteiger partial charge >= 0.3 is 0 Å². The van der Waals surface area contributed by atoms with Crippen LogP contribution >= 0.6 is 8.38 Å². The van der Waals surface area contributed by atoms with Crippen molar-refractivity contribution in [3.05, 3.63) is 12.3 Å². The highest BCUT2D eigenvalue weighted by Crippen LogP contribution is 2.21. The molecule has 0 saturated carbocycles. The lowest BCUT2D eigenvalue weighted by Gasteiger charge is -1.91. The number of rotatable bonds is 2. The van der Waals surface area contributed by atoms with Gasteiger partial charge in [-0.1, -0.05) is 6.08 Å². The molecule has 0 atom stereocenters. The Balaban J connectivity index is 2.97. The maximum absolute atomic E-state index is 8.20. The molecule has 0 aliphatic carbocycles. The molecule has 0 bridgehead atoms. The third-order valence-electron chi connectivity index (χ3n) is 0.405. The van der Waals surface area contributed by atoms with Gasteiger partial charge in [0.05, 0.1) is 0 Å². The molecule has 4 heteroatoms. The molecule has 0 saturated heterocycles. The first-order valence-electron chi connectivity index (χ1n) is 1.79. The second kappa shape index (κ2) is 4.06. The lowest BCUT2D eigenvalue weighted by Crippen LogP contribution is -1.79. The third kappa shape index (κ3) is 5.89. The highest BCUT2D eigenvalue weighted by molar-refractivity contribution is 7.45. The first-order valence-corrected chi connectivity index (χ1v) is 3.22. The van der Waals surface area contributed by atoms with Crippen LogP contribution in [0.15, 0.2) is 12.3 Å². The van der Waals surface area contributed by atoms with E-state index < -0.39 is 8.38 Å². The van der Waals surface area contributed by atoms with Gasteiger partial charge in [-0.15, -0.1) is 0 Å². The molecule has 0 rings (SSSR count). The molecule has 0 aliphatic heterocycles. The smallest absolute Gasteiger partial charge is 0.169 e. The van der Waals surface area contributed by atoms with Gasteiger partial charge in [0.1, 0.15) is 0 Å². The molecule has 0 aromatic heterocycles. The van der Waals surface area contributed by atoms with E-state index in [9.17, 15) is 0 Å². The average molecular weight is 121 g/mol. The lowest BCUT2D eigenvalue weighted by atomic mass is 10.7. The summed E-state index contributed by atoms with van der Waals surface area (Å²) < 4.78 is 0. The van der Waals surface area contributed by atoms with Gasteiger partial charge in [-0.3, -0.25) is 0 Å². The molecule has 42 valence electrons. The van der Waals surface area contributed by atoms with Crippen LogP contribution in [0.3, 0.4) is 0 Å². The van der Waals surface area contributed by atoms with E-state index in [1.165, 1.54) is 12.3 Å². The van der Waals surface area contributed by atoms with Crippen LogP contribution in [0.4, 0.5) is 0 Å². The topological polar surface area (TPSA) is 66.5 Å². The Hall–Kier alpha value is -0.110. The van der Waals surface area contributed by atoms with E-state index in [4.69, 9.17) is 15.5 Å². The summed E-state index contributed by atoms with van der Waals surface area (Å²) in [5, 5.41) is 0. The minimum absolute atomic E-state index is 0.270. The first-order chi connectivity index (χ1) is 3.27. The van der Waals surface area contributed by atoms with E-state index in [0.29, 0.717) is 0 Å². The molecule has 3 nitrogen and oxygen atoms in total. The van der Waals surface area contributed by atoms with Gasteiger partial charge in [0, 0.05) is 6.16 Å². The fourth-order valence-electron chi connectivity index (χ4n) is 0.155. The maximum atomic E-state index is 8.20. The van der Waals surface area contributed by atoms with Gasteiger partial charge in [0.25, 0.3) is 0 Å². The van der Waals surface area contributed by atoms with E-state index in [-0.39, 0.29) is 6.16 Å². The van der Waals surface area contributed by atoms with Crippen molar-refractivity contribution in [2.24, 2.45) is 5.73 Å². The fourth-order valence-corrected chi connectivity index (χ4v) is 0.465. The highest BCUT2D eigenvalue weighted by Gasteiger charge is 1.89. The summed E-state index contributed by atoms with van der Waals surface area (Å²) in [6, 6.07) is 0. The molecule has 7 heavy (non-hydrogen) atoms. The van der Waals surface area contributed by atoms with Crippen LogP contribution in [-0.2, 0) is 0 Å². The van der Waals surface area contributed by atoms with Crippen LogP contribution in [0.2, 0.25) is 0 Å². The summed E-state index contributed by atoms with van der Waals surface area (Å²) >= 11 is 0. The van der Waals surface area contributed by atoms with Gasteiger partial charge in [-0.05, 0) is 6.20 Å². The second-order valence-corrected chi connectivity index (χ2v) is 2.09. The van der Waals surface area contributed by atoms with Crippen molar-refractivity contribution in [1.29, 1.82) is 0 Å². The first kappa shape index (κ1) is 6.89. The SMILES string of the molecule is NC=CCP(O)O. The van der Waals surface area contributed by atoms with Crippen molar-refractivity contribution >= 4 is 8.38 Å². The van der Waals surface area contributed by atoms with E-state index in [0.717, 1.165) is 0 Å². The van der Waals surface area contributed by atoms with Crippen molar-refractivity contribution in [2.45, 2.75) is 0 Å².